The number of halogens is 1. The molecule has 2 aliphatic heterocycles. The quantitative estimate of drug-likeness (QED) is 0.840. The van der Waals surface area contributed by atoms with E-state index >= 15 is 0 Å². The van der Waals surface area contributed by atoms with Gasteiger partial charge in [-0.2, -0.15) is 0 Å². The van der Waals surface area contributed by atoms with Crippen LogP contribution < -0.4 is 5.32 Å². The molecule has 4 aliphatic rings. The number of ether oxygens (including phenoxy) is 1. The van der Waals surface area contributed by atoms with Crippen molar-refractivity contribution in [1.29, 1.82) is 0 Å². The second-order valence-corrected chi connectivity index (χ2v) is 8.84. The van der Waals surface area contributed by atoms with Crippen LogP contribution in [0.2, 0.25) is 5.02 Å². The minimum absolute atomic E-state index is 0.402. The van der Waals surface area contributed by atoms with Crippen LogP contribution in [0.4, 0.5) is 0 Å². The van der Waals surface area contributed by atoms with Crippen molar-refractivity contribution < 1.29 is 9.26 Å². The van der Waals surface area contributed by atoms with E-state index < -0.39 is 0 Å². The van der Waals surface area contributed by atoms with E-state index in [1.807, 2.05) is 24.3 Å². The second kappa shape index (κ2) is 5.82. The van der Waals surface area contributed by atoms with Crippen LogP contribution in [0.3, 0.4) is 0 Å². The van der Waals surface area contributed by atoms with Crippen molar-refractivity contribution in [2.75, 3.05) is 0 Å². The van der Waals surface area contributed by atoms with Gasteiger partial charge in [-0.25, -0.2) is 0 Å². The highest BCUT2D eigenvalue weighted by Crippen LogP contribution is 2.54. The molecule has 1 aromatic heterocycles. The Balaban J connectivity index is 1.26. The Morgan fingerprint density at radius 2 is 2.08 bits per heavy atom. The summed E-state index contributed by atoms with van der Waals surface area (Å²) < 4.78 is 12.2. The molecule has 4 nitrogen and oxygen atoms in total. The Morgan fingerprint density at radius 1 is 1.19 bits per heavy atom. The molecule has 0 radical (unpaired) electrons. The van der Waals surface area contributed by atoms with Crippen molar-refractivity contribution in [2.45, 2.75) is 62.8 Å². The number of nitrogens with zero attached hydrogens (tertiary/aromatic N) is 1. The van der Waals surface area contributed by atoms with Gasteiger partial charge in [0.15, 0.2) is 0 Å². The number of benzene rings is 1. The van der Waals surface area contributed by atoms with Gasteiger partial charge in [-0.3, -0.25) is 0 Å². The predicted octanol–water partition coefficient (Wildman–Crippen LogP) is 4.53. The van der Waals surface area contributed by atoms with E-state index in [2.05, 4.69) is 10.5 Å². The molecule has 0 amide bonds. The van der Waals surface area contributed by atoms with Crippen LogP contribution in [0.5, 0.6) is 0 Å². The number of nitrogens with one attached hydrogen (secondary N) is 1. The highest BCUT2D eigenvalue weighted by molar-refractivity contribution is 6.33. The number of rotatable bonds is 5. The zero-order valence-corrected chi connectivity index (χ0v) is 15.4. The van der Waals surface area contributed by atoms with E-state index in [1.165, 1.54) is 32.1 Å². The third kappa shape index (κ3) is 2.46. The molecular weight excluding hydrogens is 348 g/mol. The molecule has 136 valence electrons. The molecule has 6 rings (SSSR count). The number of fused-ring (bicyclic) bond motifs is 4. The SMILES string of the molecule is Clc1ccccc1-c1noc(C2CC2)c1COC1C2CC3CC[C@H](N3)C21. The first-order valence-corrected chi connectivity index (χ1v) is 10.3. The van der Waals surface area contributed by atoms with Crippen molar-refractivity contribution in [3.05, 3.63) is 40.6 Å². The maximum Gasteiger partial charge on any atom is 0.145 e. The molecule has 1 aromatic carbocycles. The van der Waals surface area contributed by atoms with Crippen LogP contribution in [0.25, 0.3) is 11.3 Å². The normalized spacial score (nSPS) is 34.7. The number of hydrogen-bond acceptors (Lipinski definition) is 4. The van der Waals surface area contributed by atoms with Crippen LogP contribution in [0.1, 0.15) is 49.3 Å². The van der Waals surface area contributed by atoms with E-state index in [1.54, 1.807) is 0 Å². The van der Waals surface area contributed by atoms with E-state index in [0.717, 1.165) is 34.5 Å². The van der Waals surface area contributed by atoms with Crippen LogP contribution in [0, 0.1) is 11.8 Å². The van der Waals surface area contributed by atoms with Gasteiger partial charge in [-0.1, -0.05) is 35.0 Å². The smallest absolute Gasteiger partial charge is 0.145 e. The molecule has 5 heteroatoms. The highest BCUT2D eigenvalue weighted by atomic mass is 35.5. The minimum atomic E-state index is 0.402. The van der Waals surface area contributed by atoms with Gasteiger partial charge < -0.3 is 14.6 Å². The van der Waals surface area contributed by atoms with Gasteiger partial charge >= 0.3 is 0 Å². The molecule has 2 saturated carbocycles. The number of piperidine rings is 1. The Morgan fingerprint density at radius 3 is 2.92 bits per heavy atom. The average Bonchev–Trinajstić information content (AvgIpc) is 3.53. The van der Waals surface area contributed by atoms with E-state index in [4.69, 9.17) is 20.9 Å². The number of hydrogen-bond donors (Lipinski definition) is 1. The lowest BCUT2D eigenvalue weighted by atomic mass is 10.0. The fourth-order valence-corrected chi connectivity index (χ4v) is 5.49. The van der Waals surface area contributed by atoms with E-state index in [-0.39, 0.29) is 0 Å². The van der Waals surface area contributed by atoms with Gasteiger partial charge in [0.2, 0.25) is 0 Å². The van der Waals surface area contributed by atoms with Gasteiger partial charge in [-0.15, -0.1) is 0 Å². The second-order valence-electron chi connectivity index (χ2n) is 8.43. The van der Waals surface area contributed by atoms with Crippen LogP contribution >= 0.6 is 11.6 Å². The van der Waals surface area contributed by atoms with Gasteiger partial charge in [-0.05, 0) is 44.1 Å². The summed E-state index contributed by atoms with van der Waals surface area (Å²) in [5.74, 6) is 2.99. The number of aromatic nitrogens is 1. The Labute approximate surface area is 158 Å². The maximum absolute atomic E-state index is 6.43. The van der Waals surface area contributed by atoms with Crippen molar-refractivity contribution in [1.82, 2.24) is 10.5 Å². The van der Waals surface area contributed by atoms with E-state index in [0.29, 0.717) is 35.6 Å². The van der Waals surface area contributed by atoms with Crippen LogP contribution in [-0.2, 0) is 11.3 Å². The molecule has 26 heavy (non-hydrogen) atoms. The first kappa shape index (κ1) is 15.7. The molecule has 4 unspecified atom stereocenters. The summed E-state index contributed by atoms with van der Waals surface area (Å²) in [4.78, 5) is 0. The van der Waals surface area contributed by atoms with Crippen molar-refractivity contribution in [2.24, 2.45) is 11.8 Å². The van der Waals surface area contributed by atoms with Crippen LogP contribution in [-0.4, -0.2) is 23.3 Å². The molecule has 3 heterocycles. The lowest BCUT2D eigenvalue weighted by molar-refractivity contribution is 0.0847. The lowest BCUT2D eigenvalue weighted by Gasteiger charge is -2.18. The van der Waals surface area contributed by atoms with E-state index in [9.17, 15) is 0 Å². The maximum atomic E-state index is 6.43. The standard InChI is InChI=1S/C21H23ClN2O2/c22-16-4-2-1-3-13(16)19-15(20(26-24-19)11-5-6-11)10-25-21-14-9-12-7-8-17(23-12)18(14)21/h1-4,11-12,14,17-18,21,23H,5-10H2/t12?,14?,17-,18?,21?/m0/s1. The zero-order valence-electron chi connectivity index (χ0n) is 14.7. The molecule has 0 spiro atoms. The highest BCUT2D eigenvalue weighted by Gasteiger charge is 2.60. The van der Waals surface area contributed by atoms with Crippen molar-refractivity contribution >= 4 is 11.6 Å². The van der Waals surface area contributed by atoms with Crippen molar-refractivity contribution in [3.63, 3.8) is 0 Å². The lowest BCUT2D eigenvalue weighted by Crippen LogP contribution is -2.35. The molecule has 2 bridgehead atoms. The molecule has 2 aromatic rings. The fourth-order valence-electron chi connectivity index (χ4n) is 5.26. The summed E-state index contributed by atoms with van der Waals surface area (Å²) in [5.41, 5.74) is 2.92. The molecule has 2 saturated heterocycles. The summed E-state index contributed by atoms with van der Waals surface area (Å²) in [6, 6.07) is 9.27. The molecule has 4 fully saturated rings. The van der Waals surface area contributed by atoms with Gasteiger partial charge in [0.05, 0.1) is 17.7 Å². The third-order valence-electron chi connectivity index (χ3n) is 6.77. The summed E-state index contributed by atoms with van der Waals surface area (Å²) in [6.45, 7) is 0.588. The molecule has 1 N–H and O–H groups in total. The van der Waals surface area contributed by atoms with Gasteiger partial charge in [0.1, 0.15) is 11.5 Å². The summed E-state index contributed by atoms with van der Waals surface area (Å²) in [7, 11) is 0. The first-order chi connectivity index (χ1) is 12.8. The van der Waals surface area contributed by atoms with Gasteiger partial charge in [0.25, 0.3) is 0 Å². The fraction of sp³-hybridized carbons (Fsp3) is 0.571. The Kier molecular flexibility index (Phi) is 3.51. The predicted molar refractivity (Wildman–Crippen MR) is 99.0 cm³/mol. The summed E-state index contributed by atoms with van der Waals surface area (Å²) in [6.07, 6.45) is 6.72. The topological polar surface area (TPSA) is 47.3 Å². The third-order valence-corrected chi connectivity index (χ3v) is 7.10. The largest absolute Gasteiger partial charge is 0.373 e. The summed E-state index contributed by atoms with van der Waals surface area (Å²) in [5, 5.41) is 8.86. The minimum Gasteiger partial charge on any atom is -0.373 e. The first-order valence-electron chi connectivity index (χ1n) is 9.90. The van der Waals surface area contributed by atoms with Crippen molar-refractivity contribution in [3.8, 4) is 11.3 Å². The summed E-state index contributed by atoms with van der Waals surface area (Å²) >= 11 is 6.42. The Hall–Kier alpha value is -1.36. The monoisotopic (exact) mass is 370 g/mol. The Bertz CT molecular complexity index is 846. The molecule has 2 aliphatic carbocycles. The molecule has 5 atom stereocenters. The van der Waals surface area contributed by atoms with Crippen LogP contribution in [0.15, 0.2) is 28.8 Å². The average molecular weight is 371 g/mol. The van der Waals surface area contributed by atoms with Gasteiger partial charge in [0, 0.05) is 35.0 Å². The zero-order chi connectivity index (χ0) is 17.3. The molecular formula is C21H23ClN2O2.